The van der Waals surface area contributed by atoms with Crippen LogP contribution in [0.4, 0.5) is 0 Å². The van der Waals surface area contributed by atoms with E-state index in [9.17, 15) is 9.90 Å². The monoisotopic (exact) mass is 254 g/mol. The second kappa shape index (κ2) is 5.38. The first-order valence-electron chi connectivity index (χ1n) is 5.67. The fourth-order valence-electron chi connectivity index (χ4n) is 1.94. The Morgan fingerprint density at radius 1 is 1.59 bits per heavy atom. The molecular formula is C12H15ClN2O2. The highest BCUT2D eigenvalue weighted by molar-refractivity contribution is 6.30. The topological polar surface area (TPSA) is 61.4 Å². The van der Waals surface area contributed by atoms with Crippen molar-refractivity contribution in [1.82, 2.24) is 10.6 Å². The molecule has 0 aliphatic carbocycles. The van der Waals surface area contributed by atoms with Gasteiger partial charge >= 0.3 is 0 Å². The Hall–Kier alpha value is -1.26. The van der Waals surface area contributed by atoms with Gasteiger partial charge in [0.05, 0.1) is 5.56 Å². The molecule has 1 unspecified atom stereocenters. The Morgan fingerprint density at radius 3 is 3.06 bits per heavy atom. The van der Waals surface area contributed by atoms with Gasteiger partial charge in [-0.3, -0.25) is 4.79 Å². The second-order valence-corrected chi connectivity index (χ2v) is 4.60. The molecule has 1 saturated heterocycles. The quantitative estimate of drug-likeness (QED) is 0.767. The number of benzene rings is 1. The van der Waals surface area contributed by atoms with Crippen LogP contribution in [0.15, 0.2) is 18.2 Å². The van der Waals surface area contributed by atoms with Gasteiger partial charge in [-0.15, -0.1) is 0 Å². The van der Waals surface area contributed by atoms with E-state index in [-0.39, 0.29) is 17.2 Å². The number of hydrogen-bond donors (Lipinski definition) is 3. The Bertz CT molecular complexity index is 417. The smallest absolute Gasteiger partial charge is 0.255 e. The summed E-state index contributed by atoms with van der Waals surface area (Å²) >= 11 is 5.70. The van der Waals surface area contributed by atoms with Gasteiger partial charge in [0.1, 0.15) is 5.75 Å². The average molecular weight is 255 g/mol. The fourth-order valence-corrected chi connectivity index (χ4v) is 2.11. The van der Waals surface area contributed by atoms with Crippen LogP contribution in [0.3, 0.4) is 0 Å². The molecule has 2 rings (SSSR count). The molecule has 5 heteroatoms. The van der Waals surface area contributed by atoms with E-state index in [1.807, 2.05) is 0 Å². The molecule has 3 N–H and O–H groups in total. The number of amides is 1. The number of carbonyl (C=O) groups is 1. The maximum atomic E-state index is 11.8. The van der Waals surface area contributed by atoms with Gasteiger partial charge in [-0.25, -0.2) is 0 Å². The molecule has 1 amide bonds. The minimum atomic E-state index is -0.270. The van der Waals surface area contributed by atoms with Crippen LogP contribution < -0.4 is 10.6 Å². The van der Waals surface area contributed by atoms with Gasteiger partial charge in [0.2, 0.25) is 0 Å². The largest absolute Gasteiger partial charge is 0.507 e. The molecule has 1 heterocycles. The highest BCUT2D eigenvalue weighted by atomic mass is 35.5. The molecule has 92 valence electrons. The van der Waals surface area contributed by atoms with Gasteiger partial charge in [0, 0.05) is 17.6 Å². The van der Waals surface area contributed by atoms with Gasteiger partial charge in [0.15, 0.2) is 0 Å². The Kier molecular flexibility index (Phi) is 3.86. The predicted molar refractivity (Wildman–Crippen MR) is 66.5 cm³/mol. The molecule has 1 fully saturated rings. The minimum Gasteiger partial charge on any atom is -0.507 e. The number of nitrogens with one attached hydrogen (secondary N) is 2. The lowest BCUT2D eigenvalue weighted by atomic mass is 10.1. The van der Waals surface area contributed by atoms with E-state index in [2.05, 4.69) is 10.6 Å². The zero-order chi connectivity index (χ0) is 12.3. The van der Waals surface area contributed by atoms with Crippen LogP contribution in [-0.4, -0.2) is 30.1 Å². The number of rotatable bonds is 3. The summed E-state index contributed by atoms with van der Waals surface area (Å²) < 4.78 is 0. The van der Waals surface area contributed by atoms with E-state index in [4.69, 9.17) is 11.6 Å². The van der Waals surface area contributed by atoms with E-state index in [1.54, 1.807) is 6.07 Å². The second-order valence-electron chi connectivity index (χ2n) is 4.16. The summed E-state index contributed by atoms with van der Waals surface area (Å²) in [6.07, 6.45) is 2.22. The first-order valence-corrected chi connectivity index (χ1v) is 6.04. The molecular weight excluding hydrogens is 240 g/mol. The fraction of sp³-hybridized carbons (Fsp3) is 0.417. The molecule has 1 aliphatic rings. The van der Waals surface area contributed by atoms with Crippen LogP contribution in [0.5, 0.6) is 5.75 Å². The van der Waals surface area contributed by atoms with Gasteiger partial charge in [-0.05, 0) is 37.6 Å². The Labute approximate surface area is 105 Å². The van der Waals surface area contributed by atoms with E-state index in [0.717, 1.165) is 19.4 Å². The van der Waals surface area contributed by atoms with E-state index >= 15 is 0 Å². The lowest BCUT2D eigenvalue weighted by Crippen LogP contribution is -2.37. The third kappa shape index (κ3) is 3.11. The molecule has 0 saturated carbocycles. The summed E-state index contributed by atoms with van der Waals surface area (Å²) in [7, 11) is 0. The number of carbonyl (C=O) groups excluding carboxylic acids is 1. The molecule has 1 atom stereocenters. The van der Waals surface area contributed by atoms with Crippen molar-refractivity contribution < 1.29 is 9.90 Å². The van der Waals surface area contributed by atoms with Gasteiger partial charge in [-0.1, -0.05) is 11.6 Å². The van der Waals surface area contributed by atoms with E-state index in [0.29, 0.717) is 17.6 Å². The molecule has 0 bridgehead atoms. The van der Waals surface area contributed by atoms with Crippen LogP contribution >= 0.6 is 11.6 Å². The van der Waals surface area contributed by atoms with E-state index in [1.165, 1.54) is 12.1 Å². The number of aromatic hydroxyl groups is 1. The average Bonchev–Trinajstić information content (AvgIpc) is 2.78. The first-order chi connectivity index (χ1) is 8.16. The Balaban J connectivity index is 1.94. The predicted octanol–water partition coefficient (Wildman–Crippen LogP) is 1.53. The molecule has 1 aromatic carbocycles. The first kappa shape index (κ1) is 12.2. The molecule has 0 spiro atoms. The maximum Gasteiger partial charge on any atom is 0.255 e. The van der Waals surface area contributed by atoms with Crippen molar-refractivity contribution in [2.45, 2.75) is 18.9 Å². The van der Waals surface area contributed by atoms with Gasteiger partial charge in [-0.2, -0.15) is 0 Å². The summed E-state index contributed by atoms with van der Waals surface area (Å²) in [4.78, 5) is 11.8. The van der Waals surface area contributed by atoms with Crippen molar-refractivity contribution in [3.63, 3.8) is 0 Å². The van der Waals surface area contributed by atoms with Crippen LogP contribution in [0, 0.1) is 0 Å². The SMILES string of the molecule is O=C(NCC1CCCN1)c1ccc(Cl)cc1O. The van der Waals surface area contributed by atoms with Gasteiger partial charge in [0.25, 0.3) is 5.91 Å². The normalized spacial score (nSPS) is 19.2. The van der Waals surface area contributed by atoms with Crippen molar-refractivity contribution >= 4 is 17.5 Å². The lowest BCUT2D eigenvalue weighted by molar-refractivity contribution is 0.0947. The summed E-state index contributed by atoms with van der Waals surface area (Å²) in [6.45, 7) is 1.59. The van der Waals surface area contributed by atoms with Crippen LogP contribution in [0.1, 0.15) is 23.2 Å². The molecule has 0 aromatic heterocycles. The standard InChI is InChI=1S/C12H15ClN2O2/c13-8-3-4-10(11(16)6-8)12(17)15-7-9-2-1-5-14-9/h3-4,6,9,14,16H,1-2,5,7H2,(H,15,17). The third-order valence-corrected chi connectivity index (χ3v) is 3.11. The van der Waals surface area contributed by atoms with Gasteiger partial charge < -0.3 is 15.7 Å². The zero-order valence-electron chi connectivity index (χ0n) is 9.37. The summed E-state index contributed by atoms with van der Waals surface area (Å²) in [5, 5.41) is 16.1. The van der Waals surface area contributed by atoms with Crippen LogP contribution in [0.25, 0.3) is 0 Å². The summed E-state index contributed by atoms with van der Waals surface area (Å²) in [5.74, 6) is -0.359. The van der Waals surface area contributed by atoms with Crippen molar-refractivity contribution in [3.05, 3.63) is 28.8 Å². The molecule has 4 nitrogen and oxygen atoms in total. The zero-order valence-corrected chi connectivity index (χ0v) is 10.1. The molecule has 17 heavy (non-hydrogen) atoms. The maximum absolute atomic E-state index is 11.8. The van der Waals surface area contributed by atoms with E-state index < -0.39 is 0 Å². The number of halogens is 1. The van der Waals surface area contributed by atoms with Crippen molar-refractivity contribution in [2.75, 3.05) is 13.1 Å². The van der Waals surface area contributed by atoms with Crippen LogP contribution in [-0.2, 0) is 0 Å². The number of hydrogen-bond acceptors (Lipinski definition) is 3. The van der Waals surface area contributed by atoms with Crippen molar-refractivity contribution in [3.8, 4) is 5.75 Å². The Morgan fingerprint density at radius 2 is 2.41 bits per heavy atom. The summed E-state index contributed by atoms with van der Waals surface area (Å²) in [6, 6.07) is 4.82. The molecule has 1 aliphatic heterocycles. The molecule has 0 radical (unpaired) electrons. The van der Waals surface area contributed by atoms with Crippen molar-refractivity contribution in [1.29, 1.82) is 0 Å². The summed E-state index contributed by atoms with van der Waals surface area (Å²) in [5.41, 5.74) is 0.257. The number of phenols is 1. The highest BCUT2D eigenvalue weighted by Gasteiger charge is 2.16. The van der Waals surface area contributed by atoms with Crippen LogP contribution in [0.2, 0.25) is 5.02 Å². The minimum absolute atomic E-state index is 0.0885. The highest BCUT2D eigenvalue weighted by Crippen LogP contribution is 2.21. The molecule has 1 aromatic rings. The lowest BCUT2D eigenvalue weighted by Gasteiger charge is -2.12. The third-order valence-electron chi connectivity index (χ3n) is 2.88. The number of phenolic OH excluding ortho intramolecular Hbond substituents is 1. The van der Waals surface area contributed by atoms with Crippen molar-refractivity contribution in [2.24, 2.45) is 0 Å².